The molecule has 0 radical (unpaired) electrons. The standard InChI is InChI=1S/C30H29F4NO2/c1-29(2)15-22-25(23(36)16-29)24(17-9-13-21(31)14-10-17)26(27(35-22)18-5-3-4-6-18)28(37)19-7-11-20(12-8-19)30(32,33)34/h7-14,18,24-25H,3-6,15-16H2,1-2H3. The molecule has 194 valence electrons. The maximum atomic E-state index is 14.1. The van der Waals surface area contributed by atoms with Gasteiger partial charge in [0.15, 0.2) is 5.78 Å². The van der Waals surface area contributed by atoms with Gasteiger partial charge in [-0.05, 0) is 54.5 Å². The van der Waals surface area contributed by atoms with Crippen LogP contribution >= 0.6 is 0 Å². The minimum atomic E-state index is -4.52. The number of carbonyl (C=O) groups is 2. The van der Waals surface area contributed by atoms with Gasteiger partial charge in [-0.2, -0.15) is 13.2 Å². The monoisotopic (exact) mass is 511 g/mol. The van der Waals surface area contributed by atoms with Gasteiger partial charge in [0.25, 0.3) is 0 Å². The lowest BCUT2D eigenvalue weighted by molar-refractivity contribution is -0.137. The molecule has 0 amide bonds. The van der Waals surface area contributed by atoms with E-state index in [0.717, 1.165) is 43.5 Å². The predicted molar refractivity (Wildman–Crippen MR) is 133 cm³/mol. The van der Waals surface area contributed by atoms with Crippen molar-refractivity contribution in [3.05, 3.63) is 82.3 Å². The summed E-state index contributed by atoms with van der Waals surface area (Å²) in [5, 5.41) is 0. The van der Waals surface area contributed by atoms with E-state index in [-0.39, 0.29) is 22.7 Å². The summed E-state index contributed by atoms with van der Waals surface area (Å²) in [4.78, 5) is 32.7. The molecule has 2 fully saturated rings. The van der Waals surface area contributed by atoms with Crippen LogP contribution in [-0.2, 0) is 11.0 Å². The van der Waals surface area contributed by atoms with Crippen LogP contribution in [0, 0.1) is 23.1 Å². The first-order valence-corrected chi connectivity index (χ1v) is 12.8. The van der Waals surface area contributed by atoms with E-state index in [0.29, 0.717) is 29.7 Å². The van der Waals surface area contributed by atoms with Gasteiger partial charge in [0, 0.05) is 35.1 Å². The van der Waals surface area contributed by atoms with Crippen molar-refractivity contribution in [1.82, 2.24) is 0 Å². The number of allylic oxidation sites excluding steroid dienone is 2. The molecule has 1 aliphatic heterocycles. The van der Waals surface area contributed by atoms with Crippen molar-refractivity contribution in [3.8, 4) is 0 Å². The van der Waals surface area contributed by atoms with E-state index in [1.165, 1.54) is 24.3 Å². The van der Waals surface area contributed by atoms with Crippen LogP contribution < -0.4 is 0 Å². The van der Waals surface area contributed by atoms with E-state index in [1.807, 2.05) is 13.8 Å². The van der Waals surface area contributed by atoms with E-state index in [9.17, 15) is 27.2 Å². The summed E-state index contributed by atoms with van der Waals surface area (Å²) in [6, 6.07) is 10.0. The highest BCUT2D eigenvalue weighted by Gasteiger charge is 2.48. The third-order valence-electron chi connectivity index (χ3n) is 7.89. The summed E-state index contributed by atoms with van der Waals surface area (Å²) in [6.45, 7) is 4.05. The zero-order valence-corrected chi connectivity index (χ0v) is 20.9. The van der Waals surface area contributed by atoms with Crippen LogP contribution in [0.1, 0.15) is 79.8 Å². The van der Waals surface area contributed by atoms with E-state index >= 15 is 0 Å². The number of nitrogens with zero attached hydrogens (tertiary/aromatic N) is 1. The van der Waals surface area contributed by atoms with Crippen LogP contribution in [0.2, 0.25) is 0 Å². The molecule has 0 aromatic heterocycles. The molecule has 2 aromatic rings. The van der Waals surface area contributed by atoms with Gasteiger partial charge in [-0.3, -0.25) is 14.6 Å². The first kappa shape index (κ1) is 25.6. The van der Waals surface area contributed by atoms with Crippen molar-refractivity contribution in [3.63, 3.8) is 0 Å². The van der Waals surface area contributed by atoms with Crippen molar-refractivity contribution in [2.75, 3.05) is 0 Å². The summed E-state index contributed by atoms with van der Waals surface area (Å²) in [5.74, 6) is -2.16. The summed E-state index contributed by atoms with van der Waals surface area (Å²) in [5.41, 5.74) is 1.41. The minimum absolute atomic E-state index is 0.0208. The molecule has 0 bridgehead atoms. The Labute approximate surface area is 213 Å². The summed E-state index contributed by atoms with van der Waals surface area (Å²) in [7, 11) is 0. The number of Topliss-reactive ketones (excluding diaryl/α,β-unsaturated/α-hetero) is 2. The van der Waals surface area contributed by atoms with E-state index in [2.05, 4.69) is 0 Å². The van der Waals surface area contributed by atoms with Gasteiger partial charge >= 0.3 is 6.18 Å². The molecule has 0 N–H and O–H groups in total. The van der Waals surface area contributed by atoms with Crippen LogP contribution in [0.25, 0.3) is 0 Å². The first-order valence-electron chi connectivity index (χ1n) is 12.8. The lowest BCUT2D eigenvalue weighted by atomic mass is 9.62. The van der Waals surface area contributed by atoms with Gasteiger partial charge in [-0.15, -0.1) is 0 Å². The SMILES string of the molecule is CC1(C)CC(=O)C2C(=NC(C3CCCC3)=C(C(=O)c3ccc(C(F)(F)F)cc3)C2c2ccc(F)cc2)C1. The molecule has 0 saturated heterocycles. The van der Waals surface area contributed by atoms with Crippen LogP contribution in [0.3, 0.4) is 0 Å². The van der Waals surface area contributed by atoms with Crippen molar-refractivity contribution in [1.29, 1.82) is 0 Å². The number of hydrogen-bond acceptors (Lipinski definition) is 3. The Morgan fingerprint density at radius 1 is 0.919 bits per heavy atom. The fraction of sp³-hybridized carbons (Fsp3) is 0.433. The molecule has 2 unspecified atom stereocenters. The zero-order chi connectivity index (χ0) is 26.5. The molecule has 2 atom stereocenters. The average Bonchev–Trinajstić information content (AvgIpc) is 3.37. The van der Waals surface area contributed by atoms with Crippen molar-refractivity contribution < 1.29 is 27.2 Å². The Morgan fingerprint density at radius 2 is 1.54 bits per heavy atom. The van der Waals surface area contributed by atoms with Crippen molar-refractivity contribution in [2.45, 2.75) is 64.5 Å². The van der Waals surface area contributed by atoms with Crippen LogP contribution in [-0.4, -0.2) is 17.3 Å². The molecule has 2 saturated carbocycles. The van der Waals surface area contributed by atoms with E-state index < -0.39 is 35.2 Å². The van der Waals surface area contributed by atoms with E-state index in [4.69, 9.17) is 4.99 Å². The van der Waals surface area contributed by atoms with Gasteiger partial charge < -0.3 is 0 Å². The first-order chi connectivity index (χ1) is 17.4. The van der Waals surface area contributed by atoms with Gasteiger partial charge in [0.1, 0.15) is 11.6 Å². The molecule has 5 rings (SSSR count). The number of ketones is 2. The summed E-state index contributed by atoms with van der Waals surface area (Å²) < 4.78 is 53.4. The number of carbonyl (C=O) groups excluding carboxylic acids is 2. The third-order valence-corrected chi connectivity index (χ3v) is 7.89. The highest BCUT2D eigenvalue weighted by Crippen LogP contribution is 2.50. The van der Waals surface area contributed by atoms with Crippen molar-refractivity contribution >= 4 is 17.3 Å². The second-order valence-corrected chi connectivity index (χ2v) is 11.3. The Kier molecular flexibility index (Phi) is 6.45. The van der Waals surface area contributed by atoms with E-state index in [1.54, 1.807) is 12.1 Å². The number of halogens is 4. The maximum absolute atomic E-state index is 14.1. The molecule has 7 heteroatoms. The Balaban J connectivity index is 1.71. The Hall–Kier alpha value is -3.09. The molecule has 2 aliphatic carbocycles. The average molecular weight is 512 g/mol. The van der Waals surface area contributed by atoms with Gasteiger partial charge in [-0.25, -0.2) is 4.39 Å². The molecule has 3 aliphatic rings. The lowest BCUT2D eigenvalue weighted by Gasteiger charge is -2.42. The number of hydrogen-bond donors (Lipinski definition) is 0. The molecule has 37 heavy (non-hydrogen) atoms. The number of rotatable bonds is 4. The summed E-state index contributed by atoms with van der Waals surface area (Å²) in [6.07, 6.45) is 0.125. The molecule has 3 nitrogen and oxygen atoms in total. The molecular weight excluding hydrogens is 482 g/mol. The van der Waals surface area contributed by atoms with Crippen molar-refractivity contribution in [2.24, 2.45) is 22.2 Å². The quantitative estimate of drug-likeness (QED) is 0.312. The number of benzene rings is 2. The molecule has 2 aromatic carbocycles. The number of aliphatic imine (C=N–C) groups is 1. The number of alkyl halides is 3. The zero-order valence-electron chi connectivity index (χ0n) is 20.9. The molecular formula is C30H29F4NO2. The lowest BCUT2D eigenvalue weighted by Crippen LogP contribution is -2.44. The Bertz CT molecular complexity index is 1280. The molecule has 0 spiro atoms. The maximum Gasteiger partial charge on any atom is 0.416 e. The van der Waals surface area contributed by atoms with Crippen LogP contribution in [0.5, 0.6) is 0 Å². The number of fused-ring (bicyclic) bond motifs is 1. The van der Waals surface area contributed by atoms with Crippen LogP contribution in [0.15, 0.2) is 64.8 Å². The van der Waals surface area contributed by atoms with Gasteiger partial charge in [0.2, 0.25) is 0 Å². The minimum Gasteiger partial charge on any atom is -0.299 e. The smallest absolute Gasteiger partial charge is 0.299 e. The topological polar surface area (TPSA) is 46.5 Å². The normalized spacial score (nSPS) is 24.2. The second-order valence-electron chi connectivity index (χ2n) is 11.3. The fourth-order valence-corrected chi connectivity index (χ4v) is 6.22. The molecule has 1 heterocycles. The van der Waals surface area contributed by atoms with Gasteiger partial charge in [0.05, 0.1) is 17.2 Å². The highest BCUT2D eigenvalue weighted by molar-refractivity contribution is 6.16. The second kappa shape index (κ2) is 9.34. The fourth-order valence-electron chi connectivity index (χ4n) is 6.22. The third kappa shape index (κ3) is 4.92. The predicted octanol–water partition coefficient (Wildman–Crippen LogP) is 7.72. The largest absolute Gasteiger partial charge is 0.416 e. The highest BCUT2D eigenvalue weighted by atomic mass is 19.4. The van der Waals surface area contributed by atoms with Crippen LogP contribution in [0.4, 0.5) is 17.6 Å². The Morgan fingerprint density at radius 3 is 2.14 bits per heavy atom. The summed E-state index contributed by atoms with van der Waals surface area (Å²) >= 11 is 0. The van der Waals surface area contributed by atoms with Gasteiger partial charge in [-0.1, -0.05) is 51.0 Å².